The molecule has 0 aliphatic carbocycles. The minimum Gasteiger partial charge on any atom is -0.507 e. The van der Waals surface area contributed by atoms with E-state index in [-0.39, 0.29) is 22.2 Å². The van der Waals surface area contributed by atoms with Crippen molar-refractivity contribution in [2.75, 3.05) is 19.1 Å². The Hall–Kier alpha value is -4.06. The number of methoxy groups -OCH3 is 2. The maximum absolute atomic E-state index is 13.6. The highest BCUT2D eigenvalue weighted by Crippen LogP contribution is 2.43. The zero-order chi connectivity index (χ0) is 28.7. The molecule has 0 spiro atoms. The van der Waals surface area contributed by atoms with E-state index in [1.807, 2.05) is 63.2 Å². The van der Waals surface area contributed by atoms with Crippen LogP contribution in [0.2, 0.25) is 0 Å². The number of hydrogen-bond donors (Lipinski definition) is 1. The molecule has 1 saturated heterocycles. The second-order valence-corrected chi connectivity index (χ2v) is 11.9. The first-order valence-electron chi connectivity index (χ1n) is 13.0. The fourth-order valence-electron chi connectivity index (χ4n) is 4.92. The van der Waals surface area contributed by atoms with Gasteiger partial charge in [0.2, 0.25) is 0 Å². The number of benzene rings is 3. The molecule has 1 fully saturated rings. The van der Waals surface area contributed by atoms with Gasteiger partial charge in [-0.3, -0.25) is 14.5 Å². The van der Waals surface area contributed by atoms with Crippen molar-refractivity contribution in [1.82, 2.24) is 0 Å². The molecule has 0 saturated carbocycles. The number of ether oxygens (including phenoxy) is 2. The highest BCUT2D eigenvalue weighted by Gasteiger charge is 2.47. The molecule has 1 heterocycles. The number of rotatable bonds is 5. The number of nitrogens with zero attached hydrogens (tertiary/aromatic N) is 1. The van der Waals surface area contributed by atoms with Crippen LogP contribution in [0.1, 0.15) is 69.8 Å². The van der Waals surface area contributed by atoms with Gasteiger partial charge in [-0.1, -0.05) is 65.8 Å². The lowest BCUT2D eigenvalue weighted by molar-refractivity contribution is -0.132. The first-order valence-corrected chi connectivity index (χ1v) is 13.0. The van der Waals surface area contributed by atoms with Crippen LogP contribution < -0.4 is 14.4 Å². The summed E-state index contributed by atoms with van der Waals surface area (Å²) in [7, 11) is 3.18. The molecule has 1 aliphatic rings. The third kappa shape index (κ3) is 5.29. The molecule has 204 valence electrons. The zero-order valence-corrected chi connectivity index (χ0v) is 24.0. The summed E-state index contributed by atoms with van der Waals surface area (Å²) in [6.45, 7) is 12.5. The van der Waals surface area contributed by atoms with Gasteiger partial charge in [-0.2, -0.15) is 0 Å². The summed E-state index contributed by atoms with van der Waals surface area (Å²) in [6, 6.07) is 19.3. The number of ketones is 1. The summed E-state index contributed by atoms with van der Waals surface area (Å²) in [6.07, 6.45) is 0. The number of Topliss-reactive ketones (excluding diaryl/α,β-unsaturated/α-hetero) is 1. The van der Waals surface area contributed by atoms with Crippen molar-refractivity contribution in [3.8, 4) is 11.5 Å². The number of hydrogen-bond acceptors (Lipinski definition) is 5. The number of carbonyl (C=O) groups excluding carboxylic acids is 2. The number of aliphatic hydroxyl groups excluding tert-OH is 1. The van der Waals surface area contributed by atoms with Gasteiger partial charge < -0.3 is 14.6 Å². The van der Waals surface area contributed by atoms with Crippen LogP contribution in [0.3, 0.4) is 0 Å². The van der Waals surface area contributed by atoms with Crippen LogP contribution in [0.25, 0.3) is 5.76 Å². The van der Waals surface area contributed by atoms with Crippen LogP contribution in [0, 0.1) is 0 Å². The van der Waals surface area contributed by atoms with Crippen molar-refractivity contribution in [2.24, 2.45) is 0 Å². The van der Waals surface area contributed by atoms with E-state index in [0.717, 1.165) is 11.1 Å². The molecule has 1 N–H and O–H groups in total. The van der Waals surface area contributed by atoms with Gasteiger partial charge in [-0.15, -0.1) is 0 Å². The van der Waals surface area contributed by atoms with Crippen molar-refractivity contribution in [3.63, 3.8) is 0 Å². The smallest absolute Gasteiger partial charge is 0.300 e. The Morgan fingerprint density at radius 1 is 0.795 bits per heavy atom. The van der Waals surface area contributed by atoms with Crippen molar-refractivity contribution >= 4 is 23.1 Å². The van der Waals surface area contributed by atoms with Gasteiger partial charge in [0.15, 0.2) is 0 Å². The van der Waals surface area contributed by atoms with Crippen molar-refractivity contribution in [1.29, 1.82) is 0 Å². The van der Waals surface area contributed by atoms with Gasteiger partial charge in [0.1, 0.15) is 17.3 Å². The Bertz CT molecular complexity index is 1420. The molecule has 1 aliphatic heterocycles. The predicted molar refractivity (Wildman–Crippen MR) is 155 cm³/mol. The van der Waals surface area contributed by atoms with E-state index < -0.39 is 17.7 Å². The van der Waals surface area contributed by atoms with Crippen LogP contribution in [0.5, 0.6) is 11.5 Å². The van der Waals surface area contributed by atoms with E-state index >= 15 is 0 Å². The molecule has 3 aromatic rings. The Balaban J connectivity index is 1.93. The van der Waals surface area contributed by atoms with Crippen LogP contribution in [0.15, 0.2) is 72.3 Å². The molecule has 1 atom stereocenters. The predicted octanol–water partition coefficient (Wildman–Crippen LogP) is 6.93. The standard InChI is InChI=1S/C33H37NO5/c1-32(2,3)22-12-14-23(15-13-22)34-28(20-9-16-24(38-7)17-10-20)27(30(36)31(34)37)29(35)21-11-18-26(39-8)25(19-21)33(4,5)6/h9-19,28,35H,1-8H3/b29-27-. The molecule has 6 heteroatoms. The average Bonchev–Trinajstić information content (AvgIpc) is 3.17. The Labute approximate surface area is 230 Å². The Morgan fingerprint density at radius 3 is 1.92 bits per heavy atom. The lowest BCUT2D eigenvalue weighted by Gasteiger charge is -2.27. The van der Waals surface area contributed by atoms with E-state index in [1.54, 1.807) is 38.5 Å². The van der Waals surface area contributed by atoms with Gasteiger partial charge in [0, 0.05) is 16.8 Å². The average molecular weight is 528 g/mol. The fourth-order valence-corrected chi connectivity index (χ4v) is 4.92. The normalized spacial score (nSPS) is 17.4. The monoisotopic (exact) mass is 527 g/mol. The second-order valence-electron chi connectivity index (χ2n) is 11.9. The molecular formula is C33H37NO5. The summed E-state index contributed by atoms with van der Waals surface area (Å²) >= 11 is 0. The number of carbonyl (C=O) groups is 2. The van der Waals surface area contributed by atoms with Crippen LogP contribution in [0.4, 0.5) is 5.69 Å². The van der Waals surface area contributed by atoms with E-state index in [0.29, 0.717) is 28.3 Å². The van der Waals surface area contributed by atoms with Gasteiger partial charge in [0.25, 0.3) is 11.7 Å². The van der Waals surface area contributed by atoms with Gasteiger partial charge in [-0.05, 0) is 64.4 Å². The molecule has 0 bridgehead atoms. The second kappa shape index (κ2) is 10.3. The summed E-state index contributed by atoms with van der Waals surface area (Å²) in [5.41, 5.74) is 3.38. The molecule has 1 unspecified atom stereocenters. The minimum atomic E-state index is -0.823. The summed E-state index contributed by atoms with van der Waals surface area (Å²) in [5, 5.41) is 11.6. The third-order valence-electron chi connectivity index (χ3n) is 7.17. The number of anilines is 1. The lowest BCUT2D eigenvalue weighted by Crippen LogP contribution is -2.29. The van der Waals surface area contributed by atoms with E-state index in [2.05, 4.69) is 20.8 Å². The molecule has 0 radical (unpaired) electrons. The van der Waals surface area contributed by atoms with Crippen LogP contribution >= 0.6 is 0 Å². The zero-order valence-electron chi connectivity index (χ0n) is 24.0. The first-order chi connectivity index (χ1) is 18.3. The van der Waals surface area contributed by atoms with Crippen LogP contribution in [-0.4, -0.2) is 31.0 Å². The summed E-state index contributed by atoms with van der Waals surface area (Å²) < 4.78 is 10.9. The van der Waals surface area contributed by atoms with Gasteiger partial charge >= 0.3 is 0 Å². The molecule has 0 aromatic heterocycles. The van der Waals surface area contributed by atoms with Crippen molar-refractivity contribution < 1.29 is 24.2 Å². The Kier molecular flexibility index (Phi) is 7.35. The molecule has 39 heavy (non-hydrogen) atoms. The topological polar surface area (TPSA) is 76.1 Å². The Morgan fingerprint density at radius 2 is 1.41 bits per heavy atom. The maximum Gasteiger partial charge on any atom is 0.300 e. The van der Waals surface area contributed by atoms with Gasteiger partial charge in [-0.25, -0.2) is 0 Å². The maximum atomic E-state index is 13.6. The fraction of sp³-hybridized carbons (Fsp3) is 0.333. The molecule has 3 aromatic carbocycles. The van der Waals surface area contributed by atoms with E-state index in [1.165, 1.54) is 4.90 Å². The quantitative estimate of drug-likeness (QED) is 0.221. The minimum absolute atomic E-state index is 0.0371. The molecule has 1 amide bonds. The number of amides is 1. The first kappa shape index (κ1) is 28.0. The third-order valence-corrected chi connectivity index (χ3v) is 7.17. The molecule has 4 rings (SSSR count). The largest absolute Gasteiger partial charge is 0.507 e. The lowest BCUT2D eigenvalue weighted by atomic mass is 9.84. The van der Waals surface area contributed by atoms with Gasteiger partial charge in [0.05, 0.1) is 25.8 Å². The van der Waals surface area contributed by atoms with E-state index in [4.69, 9.17) is 9.47 Å². The van der Waals surface area contributed by atoms with Crippen molar-refractivity contribution in [2.45, 2.75) is 58.4 Å². The van der Waals surface area contributed by atoms with E-state index in [9.17, 15) is 14.7 Å². The molecular weight excluding hydrogens is 490 g/mol. The molecule has 6 nitrogen and oxygen atoms in total. The highest BCUT2D eigenvalue weighted by atomic mass is 16.5. The van der Waals surface area contributed by atoms with Crippen LogP contribution in [-0.2, 0) is 20.4 Å². The number of aliphatic hydroxyl groups is 1. The summed E-state index contributed by atoms with van der Waals surface area (Å²) in [4.78, 5) is 28.6. The van der Waals surface area contributed by atoms with Crippen molar-refractivity contribution in [3.05, 3.63) is 94.6 Å². The SMILES string of the molecule is COc1ccc(C2/C(=C(/O)c3ccc(OC)c(C(C)(C)C)c3)C(=O)C(=O)N2c2ccc(C(C)(C)C)cc2)cc1. The summed E-state index contributed by atoms with van der Waals surface area (Å²) in [5.74, 6) is -0.316. The highest BCUT2D eigenvalue weighted by molar-refractivity contribution is 6.51.